The number of amides is 2. The topological polar surface area (TPSA) is 62.3 Å². The molecule has 0 atom stereocenters. The van der Waals surface area contributed by atoms with Crippen LogP contribution in [0.1, 0.15) is 54.2 Å². The Morgan fingerprint density at radius 3 is 2.74 bits per heavy atom. The third kappa shape index (κ3) is 3.43. The van der Waals surface area contributed by atoms with Gasteiger partial charge in [0.25, 0.3) is 5.91 Å². The molecule has 0 unspecified atom stereocenters. The smallest absolute Gasteiger partial charge is 0.254 e. The lowest BCUT2D eigenvalue weighted by molar-refractivity contribution is -0.126. The van der Waals surface area contributed by atoms with Gasteiger partial charge in [-0.2, -0.15) is 0 Å². The van der Waals surface area contributed by atoms with E-state index in [0.717, 1.165) is 72.8 Å². The number of nitrogens with zero attached hydrogens (tertiary/aromatic N) is 2. The molecule has 1 saturated heterocycles. The van der Waals surface area contributed by atoms with Crippen LogP contribution in [0.25, 0.3) is 10.9 Å². The van der Waals surface area contributed by atoms with Crippen LogP contribution < -0.4 is 5.32 Å². The van der Waals surface area contributed by atoms with E-state index in [1.165, 1.54) is 0 Å². The number of nitrogens with one attached hydrogen (secondary N) is 1. The first-order valence-electron chi connectivity index (χ1n) is 10.2. The summed E-state index contributed by atoms with van der Waals surface area (Å²) in [5.41, 5.74) is 3.99. The molecule has 5 heteroatoms. The maximum atomic E-state index is 13.4. The van der Waals surface area contributed by atoms with Crippen molar-refractivity contribution in [3.05, 3.63) is 41.1 Å². The molecule has 0 saturated carbocycles. The first-order chi connectivity index (χ1) is 13.2. The molecule has 1 aliphatic heterocycles. The standard InChI is InChI=1S/C22H27N3O2/c1-2-12-23-21(26)15-10-13-25(14-11-15)22(27)20-16-6-3-4-8-18(16)24-19-9-5-7-17(19)20/h3-4,6,8,15H,2,5,7,9-14H2,1H3,(H,23,26). The van der Waals surface area contributed by atoms with E-state index in [-0.39, 0.29) is 17.7 Å². The number of pyridine rings is 1. The largest absolute Gasteiger partial charge is 0.356 e. The molecule has 0 radical (unpaired) electrons. The lowest BCUT2D eigenvalue weighted by Gasteiger charge is -2.32. The number of piperidine rings is 1. The summed E-state index contributed by atoms with van der Waals surface area (Å²) in [7, 11) is 0. The summed E-state index contributed by atoms with van der Waals surface area (Å²) in [6, 6.07) is 7.96. The van der Waals surface area contributed by atoms with Crippen molar-refractivity contribution >= 4 is 22.7 Å². The van der Waals surface area contributed by atoms with Gasteiger partial charge in [0, 0.05) is 36.6 Å². The van der Waals surface area contributed by atoms with Crippen LogP contribution in [-0.4, -0.2) is 41.3 Å². The predicted octanol–water partition coefficient (Wildman–Crippen LogP) is 3.10. The molecule has 2 amide bonds. The van der Waals surface area contributed by atoms with Crippen LogP contribution in [0.2, 0.25) is 0 Å². The molecule has 1 aromatic carbocycles. The van der Waals surface area contributed by atoms with Gasteiger partial charge in [-0.15, -0.1) is 0 Å². The lowest BCUT2D eigenvalue weighted by atomic mass is 9.94. The number of rotatable bonds is 4. The van der Waals surface area contributed by atoms with Crippen molar-refractivity contribution in [3.63, 3.8) is 0 Å². The van der Waals surface area contributed by atoms with Gasteiger partial charge in [-0.3, -0.25) is 14.6 Å². The Morgan fingerprint density at radius 2 is 1.96 bits per heavy atom. The summed E-state index contributed by atoms with van der Waals surface area (Å²) in [5, 5.41) is 3.95. The van der Waals surface area contributed by atoms with Gasteiger partial charge in [-0.05, 0) is 50.2 Å². The van der Waals surface area contributed by atoms with Crippen LogP contribution in [-0.2, 0) is 17.6 Å². The Labute approximate surface area is 160 Å². The predicted molar refractivity (Wildman–Crippen MR) is 106 cm³/mol. The highest BCUT2D eigenvalue weighted by molar-refractivity contribution is 6.08. The molecule has 1 N–H and O–H groups in total. The van der Waals surface area contributed by atoms with Crippen molar-refractivity contribution in [1.29, 1.82) is 0 Å². The third-order valence-corrected chi connectivity index (χ3v) is 5.84. The van der Waals surface area contributed by atoms with Crippen molar-refractivity contribution in [1.82, 2.24) is 15.2 Å². The monoisotopic (exact) mass is 365 g/mol. The molecule has 2 aromatic rings. The van der Waals surface area contributed by atoms with E-state index < -0.39 is 0 Å². The van der Waals surface area contributed by atoms with Crippen LogP contribution in [0.5, 0.6) is 0 Å². The number of fused-ring (bicyclic) bond motifs is 2. The van der Waals surface area contributed by atoms with E-state index in [4.69, 9.17) is 4.98 Å². The summed E-state index contributed by atoms with van der Waals surface area (Å²) < 4.78 is 0. The van der Waals surface area contributed by atoms with Crippen molar-refractivity contribution in [2.45, 2.75) is 45.4 Å². The minimum Gasteiger partial charge on any atom is -0.356 e. The minimum atomic E-state index is 0.0282. The molecular weight excluding hydrogens is 338 g/mol. The zero-order chi connectivity index (χ0) is 18.8. The average Bonchev–Trinajstić information content (AvgIpc) is 3.17. The van der Waals surface area contributed by atoms with E-state index in [2.05, 4.69) is 12.2 Å². The first-order valence-corrected chi connectivity index (χ1v) is 10.2. The summed E-state index contributed by atoms with van der Waals surface area (Å²) in [6.45, 7) is 4.08. The summed E-state index contributed by atoms with van der Waals surface area (Å²) in [6.07, 6.45) is 5.39. The fourth-order valence-electron chi connectivity index (χ4n) is 4.35. The summed E-state index contributed by atoms with van der Waals surface area (Å²) in [5.74, 6) is 0.277. The van der Waals surface area contributed by atoms with E-state index in [0.29, 0.717) is 13.1 Å². The van der Waals surface area contributed by atoms with Crippen LogP contribution in [0, 0.1) is 5.92 Å². The number of aromatic nitrogens is 1. The molecule has 4 rings (SSSR count). The number of aryl methyl sites for hydroxylation is 1. The van der Waals surface area contributed by atoms with Gasteiger partial charge < -0.3 is 10.2 Å². The zero-order valence-electron chi connectivity index (χ0n) is 16.0. The molecule has 0 spiro atoms. The molecule has 2 aliphatic rings. The van der Waals surface area contributed by atoms with Gasteiger partial charge >= 0.3 is 0 Å². The second-order valence-corrected chi connectivity index (χ2v) is 7.64. The molecule has 1 fully saturated rings. The van der Waals surface area contributed by atoms with Gasteiger partial charge in [0.1, 0.15) is 0 Å². The number of carbonyl (C=O) groups is 2. The number of hydrogen-bond donors (Lipinski definition) is 1. The summed E-state index contributed by atoms with van der Waals surface area (Å²) in [4.78, 5) is 32.3. The number of benzene rings is 1. The van der Waals surface area contributed by atoms with Gasteiger partial charge in [-0.1, -0.05) is 25.1 Å². The first kappa shape index (κ1) is 18.0. The maximum absolute atomic E-state index is 13.4. The molecule has 1 aliphatic carbocycles. The van der Waals surface area contributed by atoms with E-state index in [1.54, 1.807) is 0 Å². The average molecular weight is 365 g/mol. The van der Waals surface area contributed by atoms with E-state index in [1.807, 2.05) is 29.2 Å². The van der Waals surface area contributed by atoms with Gasteiger partial charge in [0.2, 0.25) is 5.91 Å². The minimum absolute atomic E-state index is 0.0282. The molecular formula is C22H27N3O2. The van der Waals surface area contributed by atoms with Crippen LogP contribution >= 0.6 is 0 Å². The highest BCUT2D eigenvalue weighted by Gasteiger charge is 2.31. The SMILES string of the molecule is CCCNC(=O)C1CCN(C(=O)c2c3c(nc4ccccc24)CCC3)CC1. The highest BCUT2D eigenvalue weighted by Crippen LogP contribution is 2.31. The van der Waals surface area contributed by atoms with Gasteiger partial charge in [-0.25, -0.2) is 0 Å². The van der Waals surface area contributed by atoms with Crippen LogP contribution in [0.15, 0.2) is 24.3 Å². The Balaban J connectivity index is 1.55. The highest BCUT2D eigenvalue weighted by atomic mass is 16.2. The second kappa shape index (κ2) is 7.67. The molecule has 0 bridgehead atoms. The number of carbonyl (C=O) groups excluding carboxylic acids is 2. The number of hydrogen-bond acceptors (Lipinski definition) is 3. The second-order valence-electron chi connectivity index (χ2n) is 7.64. The molecule has 5 nitrogen and oxygen atoms in total. The lowest BCUT2D eigenvalue weighted by Crippen LogP contribution is -2.43. The van der Waals surface area contributed by atoms with Crippen LogP contribution in [0.3, 0.4) is 0 Å². The molecule has 142 valence electrons. The summed E-state index contributed by atoms with van der Waals surface area (Å²) >= 11 is 0. The Morgan fingerprint density at radius 1 is 1.19 bits per heavy atom. The zero-order valence-corrected chi connectivity index (χ0v) is 16.0. The van der Waals surface area contributed by atoms with Crippen LogP contribution in [0.4, 0.5) is 0 Å². The Hall–Kier alpha value is -2.43. The Bertz CT molecular complexity index is 869. The van der Waals surface area contributed by atoms with E-state index in [9.17, 15) is 9.59 Å². The normalized spacial score (nSPS) is 17.1. The quantitative estimate of drug-likeness (QED) is 0.906. The van der Waals surface area contributed by atoms with Gasteiger partial charge in [0.15, 0.2) is 0 Å². The Kier molecular flexibility index (Phi) is 5.10. The van der Waals surface area contributed by atoms with Crippen molar-refractivity contribution < 1.29 is 9.59 Å². The number of likely N-dealkylation sites (tertiary alicyclic amines) is 1. The number of para-hydroxylation sites is 1. The van der Waals surface area contributed by atoms with Crippen molar-refractivity contribution in [2.75, 3.05) is 19.6 Å². The molecule has 27 heavy (non-hydrogen) atoms. The molecule has 2 heterocycles. The third-order valence-electron chi connectivity index (χ3n) is 5.84. The fourth-order valence-corrected chi connectivity index (χ4v) is 4.35. The van der Waals surface area contributed by atoms with Gasteiger partial charge in [0.05, 0.1) is 11.1 Å². The fraction of sp³-hybridized carbons (Fsp3) is 0.500. The molecule has 1 aromatic heterocycles. The van der Waals surface area contributed by atoms with E-state index >= 15 is 0 Å². The van der Waals surface area contributed by atoms with Crippen molar-refractivity contribution in [3.8, 4) is 0 Å². The maximum Gasteiger partial charge on any atom is 0.254 e. The van der Waals surface area contributed by atoms with Crippen molar-refractivity contribution in [2.24, 2.45) is 5.92 Å².